The van der Waals surface area contributed by atoms with Crippen molar-refractivity contribution >= 4 is 75.6 Å². The van der Waals surface area contributed by atoms with E-state index < -0.39 is 129 Å². The third-order valence-electron chi connectivity index (χ3n) is 12.4. The molecule has 30 nitrogen and oxygen atoms in total. The molecule has 1 aromatic heterocycles. The van der Waals surface area contributed by atoms with E-state index in [4.69, 9.17) is 32.1 Å². The van der Waals surface area contributed by atoms with Gasteiger partial charge >= 0.3 is 5.63 Å². The second-order valence-electron chi connectivity index (χ2n) is 19.6. The number of methoxy groups -OCH3 is 1. The van der Waals surface area contributed by atoms with Gasteiger partial charge in [0.05, 0.1) is 42.0 Å². The smallest absolute Gasteiger partial charge is 0.336 e. The van der Waals surface area contributed by atoms with Gasteiger partial charge in [0.1, 0.15) is 47.6 Å². The summed E-state index contributed by atoms with van der Waals surface area (Å²) < 4.78 is 10.5. The van der Waals surface area contributed by atoms with Crippen molar-refractivity contribution in [3.63, 3.8) is 0 Å². The molecular weight excluding hydrogens is 1040 g/mol. The SMILES string of the molecule is COc1ccc2c(CC(=O)NN3CCC[C@H]3C(=O)N[C@@H](CC(C)C)C(=O)NCC(=O)N[C@@H](CC(C)C)C(=O)NC(C(=O)N[C@@H](C)C(=O)N[C@@H](CCCN=C(N)N)C(N)=O)C(N)c3ccc([N+](=O)[O-])cc3[N+](=O)[O-])cc(=O)oc2c1. The Morgan fingerprint density at radius 2 is 1.47 bits per heavy atom. The van der Waals surface area contributed by atoms with Crippen LogP contribution in [0.1, 0.15) is 90.3 Å². The molecule has 8 amide bonds. The molecule has 2 aromatic carbocycles. The quantitative estimate of drug-likeness (QED) is 0.00946. The van der Waals surface area contributed by atoms with Gasteiger partial charge in [-0.25, -0.2) is 9.80 Å². The first-order valence-corrected chi connectivity index (χ1v) is 25.2. The fraction of sp³-hybridized carbons (Fsp3) is 0.510. The zero-order valence-electron chi connectivity index (χ0n) is 44.5. The van der Waals surface area contributed by atoms with Gasteiger partial charge in [-0.2, -0.15) is 0 Å². The monoisotopic (exact) mass is 1110 g/mol. The van der Waals surface area contributed by atoms with Gasteiger partial charge < -0.3 is 64.0 Å². The van der Waals surface area contributed by atoms with Crippen LogP contribution in [0.25, 0.3) is 11.0 Å². The Balaban J connectivity index is 1.48. The molecule has 0 bridgehead atoms. The second-order valence-corrected chi connectivity index (χ2v) is 19.6. The van der Waals surface area contributed by atoms with Crippen LogP contribution in [-0.2, 0) is 44.8 Å². The number of ether oxygens (including phenoxy) is 1. The lowest BCUT2D eigenvalue weighted by atomic mass is 9.95. The van der Waals surface area contributed by atoms with Gasteiger partial charge in [0, 0.05) is 42.2 Å². The molecule has 30 heteroatoms. The van der Waals surface area contributed by atoms with Crippen molar-refractivity contribution < 1.29 is 57.4 Å². The fourth-order valence-electron chi connectivity index (χ4n) is 8.53. The van der Waals surface area contributed by atoms with E-state index in [1.165, 1.54) is 31.2 Å². The summed E-state index contributed by atoms with van der Waals surface area (Å²) in [5, 5.41) is 40.5. The molecule has 2 heterocycles. The summed E-state index contributed by atoms with van der Waals surface area (Å²) in [4.78, 5) is 146. The van der Waals surface area contributed by atoms with Crippen molar-refractivity contribution in [2.75, 3.05) is 26.7 Å². The first-order valence-electron chi connectivity index (χ1n) is 25.2. The lowest BCUT2D eigenvalue weighted by molar-refractivity contribution is -0.394. The van der Waals surface area contributed by atoms with Crippen LogP contribution in [0.2, 0.25) is 0 Å². The molecule has 0 spiro atoms. The molecule has 1 aliphatic heterocycles. The van der Waals surface area contributed by atoms with Crippen LogP contribution in [0.4, 0.5) is 11.4 Å². The standard InChI is InChI=1S/C49H69N15O15/c1-24(2)17-33(59-47(72)35-10-8-16-62(35)61-38(65)19-27-20-40(67)79-37-22-29(78-6)12-14-30(27)37)45(70)55-23-39(66)57-34(18-25(3)4)46(71)60-42(41(50)31-13-11-28(63(74)75)21-36(31)64(76)77)48(73)56-26(5)44(69)58-32(43(51)68)9-7-15-54-49(52)53/h11-14,20-22,24-26,32-35,41-42H,7-10,15-19,23,50H2,1-6H3,(H2,51,68)(H,55,70)(H,56,73)(H,57,66)(H,58,69)(H,59,72)(H,60,71)(H,61,65)(H4,52,53,54)/t26-,32-,33-,34-,35-,41?,42?/m0/s1. The Bertz CT molecular complexity index is 2860. The van der Waals surface area contributed by atoms with Gasteiger partial charge in [0.2, 0.25) is 47.3 Å². The highest BCUT2D eigenvalue weighted by Gasteiger charge is 2.38. The number of rotatable bonds is 29. The number of primary amides is 1. The highest BCUT2D eigenvalue weighted by Crippen LogP contribution is 2.30. The summed E-state index contributed by atoms with van der Waals surface area (Å²) in [5.74, 6) is -7.12. The number of nitro benzene ring substituents is 2. The number of nitrogens with zero attached hydrogens (tertiary/aromatic N) is 4. The average Bonchev–Trinajstić information content (AvgIpc) is 3.84. The van der Waals surface area contributed by atoms with Gasteiger partial charge in [-0.15, -0.1) is 0 Å². The number of guanidine groups is 1. The number of hydrazine groups is 1. The third-order valence-corrected chi connectivity index (χ3v) is 12.4. The molecule has 2 unspecified atom stereocenters. The highest BCUT2D eigenvalue weighted by atomic mass is 16.6. The Morgan fingerprint density at radius 3 is 2.08 bits per heavy atom. The minimum absolute atomic E-state index is 0.00738. The Kier molecular flexibility index (Phi) is 23.1. The fourth-order valence-corrected chi connectivity index (χ4v) is 8.53. The summed E-state index contributed by atoms with van der Waals surface area (Å²) >= 11 is 0. The maximum Gasteiger partial charge on any atom is 0.336 e. The molecule has 79 heavy (non-hydrogen) atoms. The molecule has 430 valence electrons. The summed E-state index contributed by atoms with van der Waals surface area (Å²) in [6.45, 7) is 7.87. The predicted octanol–water partition coefficient (Wildman–Crippen LogP) is -1.45. The van der Waals surface area contributed by atoms with Crippen molar-refractivity contribution in [3.8, 4) is 5.75 Å². The van der Waals surface area contributed by atoms with Crippen molar-refractivity contribution in [1.82, 2.24) is 42.3 Å². The van der Waals surface area contributed by atoms with Crippen LogP contribution in [0.3, 0.4) is 0 Å². The number of nitrogens with two attached hydrogens (primary N) is 4. The number of carbonyl (C=O) groups is 8. The zero-order valence-corrected chi connectivity index (χ0v) is 44.5. The van der Waals surface area contributed by atoms with Crippen LogP contribution >= 0.6 is 0 Å². The Hall–Kier alpha value is -8.80. The van der Waals surface area contributed by atoms with Gasteiger partial charge in [-0.1, -0.05) is 27.7 Å². The van der Waals surface area contributed by atoms with Crippen LogP contribution in [0.15, 0.2) is 56.7 Å². The Morgan fingerprint density at radius 1 is 0.797 bits per heavy atom. The van der Waals surface area contributed by atoms with E-state index in [1.807, 2.05) is 0 Å². The molecule has 1 saturated heterocycles. The van der Waals surface area contributed by atoms with Crippen molar-refractivity contribution in [1.29, 1.82) is 0 Å². The molecule has 7 atom stereocenters. The number of aliphatic imine (C=N–C) groups is 1. The van der Waals surface area contributed by atoms with Gasteiger partial charge in [0.25, 0.3) is 11.4 Å². The topological polar surface area (TPSA) is 466 Å². The third kappa shape index (κ3) is 18.7. The van der Waals surface area contributed by atoms with E-state index in [0.29, 0.717) is 42.2 Å². The zero-order chi connectivity index (χ0) is 58.8. The number of carbonyl (C=O) groups excluding carboxylic acids is 8. The first kappa shape index (κ1) is 62.7. The number of hydrogen-bond acceptors (Lipinski definition) is 18. The molecule has 0 aliphatic carbocycles. The summed E-state index contributed by atoms with van der Waals surface area (Å²) in [5.41, 5.74) is 23.3. The maximum atomic E-state index is 14.2. The van der Waals surface area contributed by atoms with E-state index in [1.54, 1.807) is 39.8 Å². The van der Waals surface area contributed by atoms with E-state index in [0.717, 1.165) is 12.1 Å². The summed E-state index contributed by atoms with van der Waals surface area (Å²) in [6.07, 6.45) is 0.826. The van der Waals surface area contributed by atoms with E-state index in [9.17, 15) is 63.4 Å². The number of hydrogen-bond donors (Lipinski definition) is 11. The minimum Gasteiger partial charge on any atom is -0.497 e. The van der Waals surface area contributed by atoms with Crippen LogP contribution in [-0.4, -0.2) is 131 Å². The van der Waals surface area contributed by atoms with E-state index in [-0.39, 0.29) is 62.0 Å². The van der Waals surface area contributed by atoms with Gasteiger partial charge in [-0.3, -0.25) is 69.0 Å². The molecule has 1 fully saturated rings. The van der Waals surface area contributed by atoms with Crippen LogP contribution < -0.4 is 70.6 Å². The molecule has 15 N–H and O–H groups in total. The number of nitrogens with one attached hydrogen (secondary N) is 7. The number of benzene rings is 2. The summed E-state index contributed by atoms with van der Waals surface area (Å²) in [6, 6.07) is -1.64. The molecule has 0 saturated carbocycles. The number of amides is 8. The van der Waals surface area contributed by atoms with Gasteiger partial charge in [0.15, 0.2) is 5.96 Å². The van der Waals surface area contributed by atoms with Crippen molar-refractivity contribution in [3.05, 3.63) is 84.2 Å². The lowest BCUT2D eigenvalue weighted by Gasteiger charge is -2.29. The average molecular weight is 1110 g/mol. The molecule has 4 rings (SSSR count). The van der Waals surface area contributed by atoms with Gasteiger partial charge in [-0.05, 0) is 81.0 Å². The molecule has 3 aromatic rings. The second kappa shape index (κ2) is 29.1. The first-order chi connectivity index (χ1) is 37.2. The van der Waals surface area contributed by atoms with Crippen molar-refractivity contribution in [2.45, 2.75) is 122 Å². The number of nitro groups is 2. The number of non-ortho nitro benzene ring substituents is 1. The lowest BCUT2D eigenvalue weighted by Crippen LogP contribution is -2.60. The summed E-state index contributed by atoms with van der Waals surface area (Å²) in [7, 11) is 1.45. The maximum absolute atomic E-state index is 14.2. The number of fused-ring (bicyclic) bond motifs is 1. The van der Waals surface area contributed by atoms with E-state index >= 15 is 0 Å². The largest absolute Gasteiger partial charge is 0.497 e. The van der Waals surface area contributed by atoms with E-state index in [2.05, 4.69) is 42.3 Å². The highest BCUT2D eigenvalue weighted by molar-refractivity contribution is 5.97. The predicted molar refractivity (Wildman–Crippen MR) is 284 cm³/mol. The minimum atomic E-state index is -1.98. The normalized spacial score (nSPS) is 15.5. The molecule has 0 radical (unpaired) electrons. The van der Waals surface area contributed by atoms with Crippen molar-refractivity contribution in [2.24, 2.45) is 39.8 Å². The Labute approximate surface area is 452 Å². The van der Waals surface area contributed by atoms with Crippen LogP contribution in [0.5, 0.6) is 5.75 Å². The van der Waals surface area contributed by atoms with Crippen LogP contribution in [0, 0.1) is 32.1 Å². The molecule has 1 aliphatic rings. The molecular formula is C49H69N15O15.